The monoisotopic (exact) mass is 183 g/mol. The Hall–Kier alpha value is -1.36. The molecule has 0 unspecified atom stereocenters. The predicted octanol–water partition coefficient (Wildman–Crippen LogP) is 0.952. The second kappa shape index (κ2) is 2.60. The van der Waals surface area contributed by atoms with Gasteiger partial charge in [0.1, 0.15) is 17.7 Å². The summed E-state index contributed by atoms with van der Waals surface area (Å²) >= 11 is 5.92. The summed E-state index contributed by atoms with van der Waals surface area (Å²) in [5.74, 6) is 0.576. The van der Waals surface area contributed by atoms with Crippen molar-refractivity contribution >= 4 is 11.6 Å². The molecule has 2 aromatic rings. The lowest BCUT2D eigenvalue weighted by Crippen LogP contribution is -1.94. The van der Waals surface area contributed by atoms with Crippen molar-refractivity contribution in [3.63, 3.8) is 0 Å². The molecule has 0 fully saturated rings. The van der Waals surface area contributed by atoms with Crippen LogP contribution < -0.4 is 0 Å². The molecule has 1 N–H and O–H groups in total. The summed E-state index contributed by atoms with van der Waals surface area (Å²) in [4.78, 5) is 3.79. The molecule has 0 aliphatic rings. The molecule has 0 radical (unpaired) electrons. The Balaban J connectivity index is 2.55. The average molecular weight is 184 g/mol. The van der Waals surface area contributed by atoms with Gasteiger partial charge in [0.25, 0.3) is 0 Å². The number of halogens is 1. The zero-order chi connectivity index (χ0) is 8.55. The molecule has 2 aromatic heterocycles. The smallest absolute Gasteiger partial charge is 0.195 e. The highest BCUT2D eigenvalue weighted by atomic mass is 35.5. The molecule has 12 heavy (non-hydrogen) atoms. The predicted molar refractivity (Wildman–Crippen MR) is 43.3 cm³/mol. The molecule has 0 amide bonds. The van der Waals surface area contributed by atoms with Gasteiger partial charge in [-0.3, -0.25) is 5.10 Å². The van der Waals surface area contributed by atoms with Crippen LogP contribution in [0.2, 0.25) is 5.02 Å². The van der Waals surface area contributed by atoms with Crippen LogP contribution in [0.1, 0.15) is 5.69 Å². The third kappa shape index (κ3) is 0.984. The molecule has 2 heterocycles. The van der Waals surface area contributed by atoms with Crippen molar-refractivity contribution in [2.45, 2.75) is 6.92 Å². The molecular formula is C6H6ClN5. The van der Waals surface area contributed by atoms with E-state index in [9.17, 15) is 0 Å². The van der Waals surface area contributed by atoms with Crippen LogP contribution >= 0.6 is 11.6 Å². The van der Waals surface area contributed by atoms with Crippen LogP contribution in [0.5, 0.6) is 0 Å². The van der Waals surface area contributed by atoms with E-state index in [1.807, 2.05) is 6.92 Å². The number of nitrogens with zero attached hydrogens (tertiary/aromatic N) is 4. The third-order valence-electron chi connectivity index (χ3n) is 1.49. The van der Waals surface area contributed by atoms with Crippen LogP contribution in [0.4, 0.5) is 0 Å². The highest BCUT2D eigenvalue weighted by molar-refractivity contribution is 6.32. The van der Waals surface area contributed by atoms with Gasteiger partial charge in [-0.05, 0) is 6.92 Å². The maximum Gasteiger partial charge on any atom is 0.195 e. The van der Waals surface area contributed by atoms with E-state index in [0.29, 0.717) is 10.8 Å². The highest BCUT2D eigenvalue weighted by Crippen LogP contribution is 2.19. The normalized spacial score (nSPS) is 10.5. The molecule has 0 saturated carbocycles. The van der Waals surface area contributed by atoms with Gasteiger partial charge in [0, 0.05) is 0 Å². The number of hydrogen-bond donors (Lipinski definition) is 1. The Morgan fingerprint density at radius 2 is 2.42 bits per heavy atom. The maximum absolute atomic E-state index is 5.92. The summed E-state index contributed by atoms with van der Waals surface area (Å²) in [5.41, 5.74) is 0.821. The minimum absolute atomic E-state index is 0.570. The Labute approximate surface area is 73.4 Å². The first-order valence-corrected chi connectivity index (χ1v) is 3.72. The number of rotatable bonds is 1. The molecule has 2 rings (SSSR count). The number of aromatic amines is 1. The first kappa shape index (κ1) is 7.30. The van der Waals surface area contributed by atoms with E-state index in [1.165, 1.54) is 11.0 Å². The fourth-order valence-electron chi connectivity index (χ4n) is 0.872. The molecule has 0 atom stereocenters. The van der Waals surface area contributed by atoms with E-state index in [1.54, 1.807) is 6.33 Å². The molecule has 0 aliphatic heterocycles. The standard InChI is InChI=1S/C6H6ClN5/c1-4-5(7)6(11-10-4)12-3-8-2-9-12/h2-3H,1H3,(H,10,11). The lowest BCUT2D eigenvalue weighted by atomic mass is 10.5. The minimum atomic E-state index is 0.570. The first-order chi connectivity index (χ1) is 5.79. The van der Waals surface area contributed by atoms with E-state index in [-0.39, 0.29) is 0 Å². The molecule has 0 bridgehead atoms. The van der Waals surface area contributed by atoms with Crippen molar-refractivity contribution in [2.24, 2.45) is 0 Å². The zero-order valence-corrected chi connectivity index (χ0v) is 7.08. The number of aryl methyl sites for hydroxylation is 1. The Morgan fingerprint density at radius 3 is 2.92 bits per heavy atom. The van der Waals surface area contributed by atoms with Gasteiger partial charge in [0.15, 0.2) is 5.82 Å². The summed E-state index contributed by atoms with van der Waals surface area (Å²) in [6, 6.07) is 0. The lowest BCUT2D eigenvalue weighted by molar-refractivity contribution is 0.833. The lowest BCUT2D eigenvalue weighted by Gasteiger charge is -1.92. The van der Waals surface area contributed by atoms with Gasteiger partial charge in [0.05, 0.1) is 5.69 Å². The summed E-state index contributed by atoms with van der Waals surface area (Å²) in [5, 5.41) is 11.2. The molecule has 0 spiro atoms. The maximum atomic E-state index is 5.92. The van der Waals surface area contributed by atoms with Crippen molar-refractivity contribution in [2.75, 3.05) is 0 Å². The minimum Gasteiger partial charge on any atom is -0.279 e. The molecule has 62 valence electrons. The van der Waals surface area contributed by atoms with Crippen LogP contribution in [-0.2, 0) is 0 Å². The van der Waals surface area contributed by atoms with Crippen molar-refractivity contribution in [1.82, 2.24) is 25.0 Å². The Morgan fingerprint density at radius 1 is 1.58 bits per heavy atom. The molecule has 5 nitrogen and oxygen atoms in total. The van der Waals surface area contributed by atoms with Gasteiger partial charge in [-0.2, -0.15) is 14.9 Å². The number of aromatic nitrogens is 5. The second-order valence-corrected chi connectivity index (χ2v) is 2.70. The van der Waals surface area contributed by atoms with E-state index >= 15 is 0 Å². The zero-order valence-electron chi connectivity index (χ0n) is 6.32. The first-order valence-electron chi connectivity index (χ1n) is 3.34. The van der Waals surface area contributed by atoms with Crippen LogP contribution in [0.25, 0.3) is 5.82 Å². The molecular weight excluding hydrogens is 178 g/mol. The SMILES string of the molecule is Cc1[nH]nc(-n2cncn2)c1Cl. The van der Waals surface area contributed by atoms with Gasteiger partial charge in [0.2, 0.25) is 0 Å². The average Bonchev–Trinajstić information content (AvgIpc) is 2.64. The van der Waals surface area contributed by atoms with Crippen LogP contribution in [0.3, 0.4) is 0 Å². The third-order valence-corrected chi connectivity index (χ3v) is 1.94. The molecule has 0 aliphatic carbocycles. The summed E-state index contributed by atoms with van der Waals surface area (Å²) < 4.78 is 1.51. The van der Waals surface area contributed by atoms with Gasteiger partial charge in [-0.15, -0.1) is 0 Å². The van der Waals surface area contributed by atoms with Gasteiger partial charge < -0.3 is 0 Å². The topological polar surface area (TPSA) is 59.4 Å². The summed E-state index contributed by atoms with van der Waals surface area (Å²) in [6.45, 7) is 1.84. The summed E-state index contributed by atoms with van der Waals surface area (Å²) in [6.07, 6.45) is 2.97. The number of hydrogen-bond acceptors (Lipinski definition) is 3. The van der Waals surface area contributed by atoms with Crippen LogP contribution in [-0.4, -0.2) is 25.0 Å². The molecule has 0 saturated heterocycles. The number of H-pyrrole nitrogens is 1. The van der Waals surface area contributed by atoms with Gasteiger partial charge in [-0.1, -0.05) is 11.6 Å². The van der Waals surface area contributed by atoms with Gasteiger partial charge >= 0.3 is 0 Å². The van der Waals surface area contributed by atoms with Gasteiger partial charge in [-0.25, -0.2) is 4.98 Å². The van der Waals surface area contributed by atoms with E-state index in [2.05, 4.69) is 20.3 Å². The molecule has 0 aromatic carbocycles. The van der Waals surface area contributed by atoms with E-state index in [4.69, 9.17) is 11.6 Å². The Bertz CT molecular complexity index is 377. The largest absolute Gasteiger partial charge is 0.279 e. The molecule has 6 heteroatoms. The summed E-state index contributed by atoms with van der Waals surface area (Å²) in [7, 11) is 0. The quantitative estimate of drug-likeness (QED) is 0.716. The highest BCUT2D eigenvalue weighted by Gasteiger charge is 2.09. The van der Waals surface area contributed by atoms with E-state index < -0.39 is 0 Å². The van der Waals surface area contributed by atoms with Crippen molar-refractivity contribution in [1.29, 1.82) is 0 Å². The van der Waals surface area contributed by atoms with Crippen molar-refractivity contribution in [3.05, 3.63) is 23.4 Å². The second-order valence-electron chi connectivity index (χ2n) is 2.33. The van der Waals surface area contributed by atoms with Crippen LogP contribution in [0, 0.1) is 6.92 Å². The fourth-order valence-corrected chi connectivity index (χ4v) is 1.04. The van der Waals surface area contributed by atoms with Crippen LogP contribution in [0.15, 0.2) is 12.7 Å². The Kier molecular flexibility index (Phi) is 1.58. The van der Waals surface area contributed by atoms with E-state index in [0.717, 1.165) is 5.69 Å². The van der Waals surface area contributed by atoms with Crippen molar-refractivity contribution in [3.8, 4) is 5.82 Å². The fraction of sp³-hybridized carbons (Fsp3) is 0.167. The van der Waals surface area contributed by atoms with Crippen molar-refractivity contribution < 1.29 is 0 Å². The number of nitrogens with one attached hydrogen (secondary N) is 1.